The van der Waals surface area contributed by atoms with Gasteiger partial charge < -0.3 is 14.8 Å². The third-order valence-electron chi connectivity index (χ3n) is 4.98. The molecular weight excluding hydrogens is 464 g/mol. The van der Waals surface area contributed by atoms with E-state index in [0.29, 0.717) is 16.5 Å². The summed E-state index contributed by atoms with van der Waals surface area (Å²) in [5, 5.41) is 15.0. The summed E-state index contributed by atoms with van der Waals surface area (Å²) in [4.78, 5) is 35.8. The zero-order valence-electron chi connectivity index (χ0n) is 17.6. The highest BCUT2D eigenvalue weighted by Crippen LogP contribution is 2.31. The van der Waals surface area contributed by atoms with Gasteiger partial charge in [0, 0.05) is 23.2 Å². The second-order valence-electron chi connectivity index (χ2n) is 7.24. The summed E-state index contributed by atoms with van der Waals surface area (Å²) in [5.74, 6) is -0.427. The summed E-state index contributed by atoms with van der Waals surface area (Å²) < 4.78 is 11.1. The van der Waals surface area contributed by atoms with Gasteiger partial charge in [-0.15, -0.1) is 0 Å². The molecule has 34 heavy (non-hydrogen) atoms. The number of nitrogens with zero attached hydrogens (tertiary/aromatic N) is 1. The van der Waals surface area contributed by atoms with Crippen LogP contribution >= 0.6 is 11.6 Å². The molecule has 1 aliphatic rings. The largest absolute Gasteiger partial charge is 0.485 e. The molecule has 1 aliphatic heterocycles. The molecule has 1 unspecified atom stereocenters. The summed E-state index contributed by atoms with van der Waals surface area (Å²) in [6.45, 7) is 0.227. The van der Waals surface area contributed by atoms with Gasteiger partial charge in [-0.05, 0) is 35.9 Å². The number of hydrogen-bond donors (Lipinski definition) is 3. The topological polar surface area (TPSA) is 132 Å². The Hall–Kier alpha value is -4.31. The van der Waals surface area contributed by atoms with Gasteiger partial charge in [-0.25, -0.2) is 0 Å². The maximum atomic E-state index is 12.5. The Morgan fingerprint density at radius 2 is 1.76 bits per heavy atom. The van der Waals surface area contributed by atoms with E-state index in [2.05, 4.69) is 16.2 Å². The molecule has 0 fully saturated rings. The van der Waals surface area contributed by atoms with Crippen LogP contribution in [0.15, 0.2) is 66.7 Å². The number of para-hydroxylation sites is 2. The average molecular weight is 483 g/mol. The number of nitro benzene ring substituents is 1. The van der Waals surface area contributed by atoms with Gasteiger partial charge in [-0.3, -0.25) is 30.6 Å². The molecule has 0 aromatic heterocycles. The van der Waals surface area contributed by atoms with Gasteiger partial charge in [0.25, 0.3) is 17.5 Å². The predicted octanol–water partition coefficient (Wildman–Crippen LogP) is 3.46. The van der Waals surface area contributed by atoms with E-state index < -0.39 is 22.8 Å². The number of hydrogen-bond acceptors (Lipinski definition) is 7. The molecule has 0 saturated carbocycles. The maximum Gasteiger partial charge on any atom is 0.293 e. The van der Waals surface area contributed by atoms with Gasteiger partial charge in [0.1, 0.15) is 12.3 Å². The number of nitro groups is 1. The molecule has 11 heteroatoms. The fourth-order valence-corrected chi connectivity index (χ4v) is 3.43. The first-order valence-electron chi connectivity index (χ1n) is 10.2. The monoisotopic (exact) mass is 482 g/mol. The zero-order valence-corrected chi connectivity index (χ0v) is 18.4. The van der Waals surface area contributed by atoms with Crippen molar-refractivity contribution in [3.63, 3.8) is 0 Å². The fourth-order valence-electron chi connectivity index (χ4n) is 3.23. The maximum absolute atomic E-state index is 12.5. The summed E-state index contributed by atoms with van der Waals surface area (Å²) >= 11 is 6.12. The van der Waals surface area contributed by atoms with Crippen LogP contribution in [0, 0.1) is 10.1 Å². The second-order valence-corrected chi connectivity index (χ2v) is 7.65. The molecule has 0 aliphatic carbocycles. The van der Waals surface area contributed by atoms with Crippen molar-refractivity contribution in [2.75, 3.05) is 11.9 Å². The van der Waals surface area contributed by atoms with E-state index in [1.54, 1.807) is 42.5 Å². The lowest BCUT2D eigenvalue weighted by molar-refractivity contribution is -0.384. The summed E-state index contributed by atoms with van der Waals surface area (Å²) in [6, 6.07) is 17.9. The van der Waals surface area contributed by atoms with Crippen molar-refractivity contribution in [2.24, 2.45) is 0 Å². The highest BCUT2D eigenvalue weighted by Gasteiger charge is 2.28. The van der Waals surface area contributed by atoms with E-state index in [1.165, 1.54) is 12.1 Å². The highest BCUT2D eigenvalue weighted by molar-refractivity contribution is 6.31. The van der Waals surface area contributed by atoms with E-state index in [4.69, 9.17) is 21.1 Å². The van der Waals surface area contributed by atoms with Crippen molar-refractivity contribution in [2.45, 2.75) is 12.6 Å². The van der Waals surface area contributed by atoms with Crippen molar-refractivity contribution in [1.29, 1.82) is 0 Å². The number of carbonyl (C=O) groups excluding carboxylic acids is 2. The van der Waals surface area contributed by atoms with Crippen molar-refractivity contribution in [3.8, 4) is 11.5 Å². The molecule has 3 aromatic carbocycles. The molecule has 0 bridgehead atoms. The fraction of sp³-hybridized carbons (Fsp3) is 0.130. The third-order valence-corrected chi connectivity index (χ3v) is 5.35. The van der Waals surface area contributed by atoms with E-state index >= 15 is 0 Å². The number of fused-ring (bicyclic) bond motifs is 1. The van der Waals surface area contributed by atoms with Gasteiger partial charge in [0.2, 0.25) is 6.10 Å². The SMILES string of the molecule is O=C(NNC(=O)C1COc2ccccc2O1)c1ccc(NCc2ccccc2Cl)c([N+](=O)[O-])c1. The Bertz CT molecular complexity index is 1250. The Balaban J connectivity index is 1.38. The highest BCUT2D eigenvalue weighted by atomic mass is 35.5. The Kier molecular flexibility index (Phi) is 6.79. The van der Waals surface area contributed by atoms with Crippen LogP contribution < -0.4 is 25.6 Å². The number of nitrogens with one attached hydrogen (secondary N) is 3. The molecule has 2 amide bonds. The van der Waals surface area contributed by atoms with Gasteiger partial charge >= 0.3 is 0 Å². The van der Waals surface area contributed by atoms with Crippen molar-refractivity contribution >= 4 is 34.8 Å². The minimum Gasteiger partial charge on any atom is -0.485 e. The zero-order chi connectivity index (χ0) is 24.1. The Morgan fingerprint density at radius 1 is 1.03 bits per heavy atom. The smallest absolute Gasteiger partial charge is 0.293 e. The molecule has 3 N–H and O–H groups in total. The molecule has 3 aromatic rings. The summed E-state index contributed by atoms with van der Waals surface area (Å²) in [6.07, 6.45) is -0.971. The van der Waals surface area contributed by atoms with Crippen LogP contribution in [0.4, 0.5) is 11.4 Å². The van der Waals surface area contributed by atoms with Crippen LogP contribution in [0.25, 0.3) is 0 Å². The number of benzene rings is 3. The number of rotatable bonds is 6. The lowest BCUT2D eigenvalue weighted by Crippen LogP contribution is -2.50. The van der Waals surface area contributed by atoms with E-state index in [9.17, 15) is 19.7 Å². The van der Waals surface area contributed by atoms with E-state index in [0.717, 1.165) is 11.6 Å². The number of ether oxygens (including phenoxy) is 2. The second kappa shape index (κ2) is 10.1. The lowest BCUT2D eigenvalue weighted by atomic mass is 10.1. The van der Waals surface area contributed by atoms with Gasteiger partial charge in [0.15, 0.2) is 11.5 Å². The quantitative estimate of drug-likeness (QED) is 0.362. The van der Waals surface area contributed by atoms with Gasteiger partial charge in [-0.2, -0.15) is 0 Å². The first-order chi connectivity index (χ1) is 16.4. The summed E-state index contributed by atoms with van der Waals surface area (Å²) in [5.41, 5.74) is 5.16. The van der Waals surface area contributed by atoms with Crippen LogP contribution in [0.1, 0.15) is 15.9 Å². The molecule has 0 spiro atoms. The molecule has 0 radical (unpaired) electrons. The summed E-state index contributed by atoms with van der Waals surface area (Å²) in [7, 11) is 0. The lowest BCUT2D eigenvalue weighted by Gasteiger charge is -2.25. The molecule has 1 heterocycles. The third kappa shape index (κ3) is 5.18. The Morgan fingerprint density at radius 3 is 2.53 bits per heavy atom. The van der Waals surface area contributed by atoms with Crippen LogP contribution in [0.5, 0.6) is 11.5 Å². The number of anilines is 1. The normalized spacial score (nSPS) is 14.1. The molecular formula is C23H19ClN4O6. The molecule has 1 atom stereocenters. The predicted molar refractivity (Wildman–Crippen MR) is 124 cm³/mol. The van der Waals surface area contributed by atoms with Crippen molar-refractivity contribution in [1.82, 2.24) is 10.9 Å². The Labute approximate surface area is 198 Å². The average Bonchev–Trinajstić information content (AvgIpc) is 2.86. The van der Waals surface area contributed by atoms with E-state index in [1.807, 2.05) is 6.07 Å². The minimum absolute atomic E-state index is 0.0125. The van der Waals surface area contributed by atoms with Gasteiger partial charge in [-0.1, -0.05) is 41.9 Å². The van der Waals surface area contributed by atoms with E-state index in [-0.39, 0.29) is 30.1 Å². The van der Waals surface area contributed by atoms with Crippen molar-refractivity contribution < 1.29 is 24.0 Å². The number of amides is 2. The number of hydrazine groups is 1. The molecule has 0 saturated heterocycles. The molecule has 10 nitrogen and oxygen atoms in total. The standard InChI is InChI=1S/C23H19ClN4O6/c24-16-6-2-1-5-15(16)12-25-17-10-9-14(11-18(17)28(31)32)22(29)26-27-23(30)21-13-33-19-7-3-4-8-20(19)34-21/h1-11,21,25H,12-13H2,(H,26,29)(H,27,30). The van der Waals surface area contributed by atoms with Crippen LogP contribution in [-0.4, -0.2) is 29.4 Å². The minimum atomic E-state index is -0.971. The molecule has 174 valence electrons. The van der Waals surface area contributed by atoms with Crippen LogP contribution in [0.3, 0.4) is 0 Å². The van der Waals surface area contributed by atoms with Crippen LogP contribution in [-0.2, 0) is 11.3 Å². The van der Waals surface area contributed by atoms with Crippen LogP contribution in [0.2, 0.25) is 5.02 Å². The van der Waals surface area contributed by atoms with Crippen molar-refractivity contribution in [3.05, 3.63) is 93.0 Å². The number of carbonyl (C=O) groups is 2. The first kappa shape index (κ1) is 22.9. The van der Waals surface area contributed by atoms with Gasteiger partial charge in [0.05, 0.1) is 4.92 Å². The number of halogens is 1. The molecule has 4 rings (SSSR count). The first-order valence-corrected chi connectivity index (χ1v) is 10.5.